The predicted octanol–water partition coefficient (Wildman–Crippen LogP) is 3.76. The number of rotatable bonds is 3. The third kappa shape index (κ3) is 2.33. The van der Waals surface area contributed by atoms with Gasteiger partial charge in [-0.1, -0.05) is 24.3 Å². The average Bonchev–Trinajstić information content (AvgIpc) is 2.40. The van der Waals surface area contributed by atoms with Crippen molar-refractivity contribution in [3.63, 3.8) is 0 Å². The molecule has 0 radical (unpaired) electrons. The molecule has 0 amide bonds. The Hall–Kier alpha value is -2.34. The van der Waals surface area contributed by atoms with Crippen LogP contribution in [0.15, 0.2) is 42.5 Å². The molecule has 0 spiro atoms. The van der Waals surface area contributed by atoms with Gasteiger partial charge in [-0.2, -0.15) is 5.26 Å². The molecule has 0 N–H and O–H groups in total. The van der Waals surface area contributed by atoms with Crippen molar-refractivity contribution < 1.29 is 9.13 Å². The average molecular weight is 241 g/mol. The van der Waals surface area contributed by atoms with Crippen LogP contribution in [0, 0.1) is 17.1 Å². The van der Waals surface area contributed by atoms with Gasteiger partial charge in [0, 0.05) is 5.56 Å². The van der Waals surface area contributed by atoms with E-state index in [-0.39, 0.29) is 5.56 Å². The Balaban J connectivity index is 2.43. The number of nitrogens with zero attached hydrogens (tertiary/aromatic N) is 1. The van der Waals surface area contributed by atoms with E-state index < -0.39 is 5.82 Å². The Morgan fingerprint density at radius 2 is 1.89 bits per heavy atom. The Bertz CT molecular complexity index is 584. The molecule has 0 saturated heterocycles. The molecular weight excluding hydrogens is 229 g/mol. The van der Waals surface area contributed by atoms with E-state index in [0.717, 1.165) is 11.3 Å². The van der Waals surface area contributed by atoms with Crippen molar-refractivity contribution in [3.8, 4) is 22.9 Å². The molecule has 2 aromatic rings. The maximum atomic E-state index is 13.5. The number of hydrogen-bond acceptors (Lipinski definition) is 2. The van der Waals surface area contributed by atoms with Crippen LogP contribution >= 0.6 is 0 Å². The fraction of sp³-hybridized carbons (Fsp3) is 0.133. The van der Waals surface area contributed by atoms with Gasteiger partial charge in [0.1, 0.15) is 17.6 Å². The van der Waals surface area contributed by atoms with Crippen molar-refractivity contribution in [1.82, 2.24) is 0 Å². The van der Waals surface area contributed by atoms with Gasteiger partial charge in [-0.25, -0.2) is 4.39 Å². The fourth-order valence-corrected chi connectivity index (χ4v) is 1.78. The molecule has 0 atom stereocenters. The van der Waals surface area contributed by atoms with Crippen LogP contribution in [0.3, 0.4) is 0 Å². The van der Waals surface area contributed by atoms with E-state index in [1.165, 1.54) is 6.07 Å². The molecule has 0 aliphatic carbocycles. The third-order valence-corrected chi connectivity index (χ3v) is 2.60. The van der Waals surface area contributed by atoms with Gasteiger partial charge in [0.05, 0.1) is 12.2 Å². The summed E-state index contributed by atoms with van der Waals surface area (Å²) in [6, 6.07) is 13.8. The molecule has 0 bridgehead atoms. The lowest BCUT2D eigenvalue weighted by Crippen LogP contribution is -1.92. The molecule has 2 aromatic carbocycles. The van der Waals surface area contributed by atoms with Gasteiger partial charge in [-0.3, -0.25) is 0 Å². The topological polar surface area (TPSA) is 33.0 Å². The van der Waals surface area contributed by atoms with Gasteiger partial charge in [-0.05, 0) is 30.7 Å². The molecule has 0 fully saturated rings. The fourth-order valence-electron chi connectivity index (χ4n) is 1.78. The zero-order valence-electron chi connectivity index (χ0n) is 9.98. The van der Waals surface area contributed by atoms with Gasteiger partial charge in [0.25, 0.3) is 0 Å². The Morgan fingerprint density at radius 3 is 2.50 bits per heavy atom. The first-order valence-electron chi connectivity index (χ1n) is 5.68. The molecule has 0 saturated carbocycles. The Kier molecular flexibility index (Phi) is 3.59. The Morgan fingerprint density at radius 1 is 1.17 bits per heavy atom. The molecule has 3 heteroatoms. The van der Waals surface area contributed by atoms with E-state index >= 15 is 0 Å². The van der Waals surface area contributed by atoms with Crippen LogP contribution in [0.4, 0.5) is 4.39 Å². The van der Waals surface area contributed by atoms with Gasteiger partial charge in [-0.15, -0.1) is 0 Å². The van der Waals surface area contributed by atoms with Crippen molar-refractivity contribution in [2.75, 3.05) is 6.61 Å². The normalized spacial score (nSPS) is 9.83. The highest BCUT2D eigenvalue weighted by Crippen LogP contribution is 2.26. The molecule has 2 rings (SSSR count). The minimum Gasteiger partial charge on any atom is -0.494 e. The highest BCUT2D eigenvalue weighted by molar-refractivity contribution is 5.71. The number of nitriles is 1. The zero-order valence-corrected chi connectivity index (χ0v) is 9.98. The summed E-state index contributed by atoms with van der Waals surface area (Å²) in [7, 11) is 0. The van der Waals surface area contributed by atoms with Crippen LogP contribution in [0.2, 0.25) is 0 Å². The first kappa shape index (κ1) is 12.1. The second-order valence-corrected chi connectivity index (χ2v) is 3.73. The summed E-state index contributed by atoms with van der Waals surface area (Å²) in [6.45, 7) is 2.51. The number of ether oxygens (including phenoxy) is 1. The minimum atomic E-state index is -0.496. The summed E-state index contributed by atoms with van der Waals surface area (Å²) in [5.74, 6) is 0.264. The Labute approximate surface area is 105 Å². The van der Waals surface area contributed by atoms with E-state index in [0.29, 0.717) is 12.2 Å². The highest BCUT2D eigenvalue weighted by atomic mass is 19.1. The molecule has 90 valence electrons. The van der Waals surface area contributed by atoms with Crippen LogP contribution < -0.4 is 4.74 Å². The molecule has 0 aliphatic heterocycles. The summed E-state index contributed by atoms with van der Waals surface area (Å²) in [5, 5.41) is 8.98. The van der Waals surface area contributed by atoms with Crippen molar-refractivity contribution >= 4 is 0 Å². The van der Waals surface area contributed by atoms with Crippen LogP contribution in [0.1, 0.15) is 12.5 Å². The summed E-state index contributed by atoms with van der Waals surface area (Å²) in [6.07, 6.45) is 0. The molecule has 0 heterocycles. The lowest BCUT2D eigenvalue weighted by atomic mass is 10.00. The first-order chi connectivity index (χ1) is 8.76. The van der Waals surface area contributed by atoms with Crippen molar-refractivity contribution in [2.45, 2.75) is 6.92 Å². The van der Waals surface area contributed by atoms with E-state index in [1.807, 2.05) is 37.3 Å². The minimum absolute atomic E-state index is 0.0710. The second kappa shape index (κ2) is 5.33. The van der Waals surface area contributed by atoms with E-state index in [1.54, 1.807) is 12.1 Å². The van der Waals surface area contributed by atoms with Gasteiger partial charge in [0.2, 0.25) is 0 Å². The van der Waals surface area contributed by atoms with Crippen LogP contribution in [0.5, 0.6) is 5.75 Å². The second-order valence-electron chi connectivity index (χ2n) is 3.73. The van der Waals surface area contributed by atoms with Crippen molar-refractivity contribution in [1.29, 1.82) is 5.26 Å². The maximum absolute atomic E-state index is 13.5. The highest BCUT2D eigenvalue weighted by Gasteiger charge is 2.09. The third-order valence-electron chi connectivity index (χ3n) is 2.60. The predicted molar refractivity (Wildman–Crippen MR) is 67.7 cm³/mol. The quantitative estimate of drug-likeness (QED) is 0.819. The number of benzene rings is 2. The molecule has 0 aromatic heterocycles. The monoisotopic (exact) mass is 241 g/mol. The SMILES string of the molecule is CCOc1ccc(-c2cccc(F)c2C#N)cc1. The summed E-state index contributed by atoms with van der Waals surface area (Å²) in [4.78, 5) is 0. The lowest BCUT2D eigenvalue weighted by Gasteiger charge is -2.07. The van der Waals surface area contributed by atoms with Crippen molar-refractivity contribution in [2.24, 2.45) is 0 Å². The summed E-state index contributed by atoms with van der Waals surface area (Å²) < 4.78 is 18.8. The van der Waals surface area contributed by atoms with Crippen LogP contribution in [-0.2, 0) is 0 Å². The van der Waals surface area contributed by atoms with E-state index in [4.69, 9.17) is 10.00 Å². The first-order valence-corrected chi connectivity index (χ1v) is 5.68. The molecule has 18 heavy (non-hydrogen) atoms. The number of halogens is 1. The lowest BCUT2D eigenvalue weighted by molar-refractivity contribution is 0.340. The van der Waals surface area contributed by atoms with E-state index in [2.05, 4.69) is 0 Å². The molecular formula is C15H12FNO. The van der Waals surface area contributed by atoms with Crippen molar-refractivity contribution in [3.05, 3.63) is 53.8 Å². The maximum Gasteiger partial charge on any atom is 0.141 e. The van der Waals surface area contributed by atoms with Gasteiger partial charge < -0.3 is 4.74 Å². The molecule has 0 aliphatic rings. The summed E-state index contributed by atoms with van der Waals surface area (Å²) in [5.41, 5.74) is 1.47. The molecule has 2 nitrogen and oxygen atoms in total. The molecule has 0 unspecified atom stereocenters. The number of hydrogen-bond donors (Lipinski definition) is 0. The van der Waals surface area contributed by atoms with Gasteiger partial charge >= 0.3 is 0 Å². The standard InChI is InChI=1S/C15H12FNO/c1-2-18-12-8-6-11(7-9-12)13-4-3-5-15(16)14(13)10-17/h3-9H,2H2,1H3. The largest absolute Gasteiger partial charge is 0.494 e. The van der Waals surface area contributed by atoms with Gasteiger partial charge in [0.15, 0.2) is 0 Å². The zero-order chi connectivity index (χ0) is 13.0. The summed E-state index contributed by atoms with van der Waals surface area (Å²) >= 11 is 0. The van der Waals surface area contributed by atoms with Crippen LogP contribution in [0.25, 0.3) is 11.1 Å². The van der Waals surface area contributed by atoms with E-state index in [9.17, 15) is 4.39 Å². The smallest absolute Gasteiger partial charge is 0.141 e. The van der Waals surface area contributed by atoms with Crippen LogP contribution in [-0.4, -0.2) is 6.61 Å².